The van der Waals surface area contributed by atoms with E-state index in [1.165, 1.54) is 0 Å². The standard InChI is InChI=1S/C14H19N5O2/c1-4-19-13(12(15)9(2)18-19)14(20)17-8-10-5-6-16-11(7-10)21-3/h5-7H,4,8,15H2,1-3H3,(H,17,20). The Labute approximate surface area is 123 Å². The third kappa shape index (κ3) is 3.13. The Morgan fingerprint density at radius 1 is 1.52 bits per heavy atom. The number of aromatic nitrogens is 3. The van der Waals surface area contributed by atoms with Crippen molar-refractivity contribution in [2.75, 3.05) is 12.8 Å². The predicted molar refractivity (Wildman–Crippen MR) is 79.0 cm³/mol. The number of methoxy groups -OCH3 is 1. The Morgan fingerprint density at radius 3 is 2.95 bits per heavy atom. The van der Waals surface area contributed by atoms with E-state index in [1.54, 1.807) is 31.0 Å². The van der Waals surface area contributed by atoms with Crippen LogP contribution in [0.1, 0.15) is 28.7 Å². The fraction of sp³-hybridized carbons (Fsp3) is 0.357. The van der Waals surface area contributed by atoms with Gasteiger partial charge in [-0.2, -0.15) is 5.10 Å². The summed E-state index contributed by atoms with van der Waals surface area (Å²) in [5.41, 5.74) is 8.29. The van der Waals surface area contributed by atoms with Gasteiger partial charge in [0.1, 0.15) is 5.69 Å². The minimum Gasteiger partial charge on any atom is -0.481 e. The third-order valence-corrected chi connectivity index (χ3v) is 3.15. The summed E-state index contributed by atoms with van der Waals surface area (Å²) in [6.45, 7) is 4.65. The van der Waals surface area contributed by atoms with Gasteiger partial charge in [0, 0.05) is 25.4 Å². The second kappa shape index (κ2) is 6.25. The van der Waals surface area contributed by atoms with E-state index >= 15 is 0 Å². The molecule has 2 aromatic heterocycles. The molecule has 0 aliphatic carbocycles. The number of nitrogens with one attached hydrogen (secondary N) is 1. The van der Waals surface area contributed by atoms with E-state index < -0.39 is 0 Å². The predicted octanol–water partition coefficient (Wildman–Crippen LogP) is 1.13. The van der Waals surface area contributed by atoms with Crippen LogP contribution < -0.4 is 15.8 Å². The van der Waals surface area contributed by atoms with Crippen LogP contribution in [0, 0.1) is 6.92 Å². The van der Waals surface area contributed by atoms with Crippen LogP contribution >= 0.6 is 0 Å². The number of amides is 1. The number of nitrogens with two attached hydrogens (primary N) is 1. The molecule has 2 rings (SSSR count). The number of anilines is 1. The van der Waals surface area contributed by atoms with Gasteiger partial charge in [-0.1, -0.05) is 0 Å². The van der Waals surface area contributed by atoms with Crippen molar-refractivity contribution in [1.29, 1.82) is 0 Å². The van der Waals surface area contributed by atoms with Crippen molar-refractivity contribution in [1.82, 2.24) is 20.1 Å². The lowest BCUT2D eigenvalue weighted by Crippen LogP contribution is -2.26. The van der Waals surface area contributed by atoms with Gasteiger partial charge in [0.15, 0.2) is 0 Å². The quantitative estimate of drug-likeness (QED) is 0.860. The molecule has 0 saturated carbocycles. The summed E-state index contributed by atoms with van der Waals surface area (Å²) in [5, 5.41) is 7.07. The van der Waals surface area contributed by atoms with Gasteiger partial charge < -0.3 is 15.8 Å². The first-order chi connectivity index (χ1) is 10.1. The van der Waals surface area contributed by atoms with Crippen LogP contribution in [0.4, 0.5) is 5.69 Å². The number of carbonyl (C=O) groups is 1. The van der Waals surface area contributed by atoms with Gasteiger partial charge in [-0.05, 0) is 25.5 Å². The zero-order chi connectivity index (χ0) is 15.4. The van der Waals surface area contributed by atoms with Gasteiger partial charge in [0.2, 0.25) is 5.88 Å². The molecule has 0 atom stereocenters. The molecule has 0 unspecified atom stereocenters. The van der Waals surface area contributed by atoms with Crippen molar-refractivity contribution >= 4 is 11.6 Å². The highest BCUT2D eigenvalue weighted by atomic mass is 16.5. The molecule has 2 aromatic rings. The van der Waals surface area contributed by atoms with E-state index in [1.807, 2.05) is 13.0 Å². The molecule has 0 aliphatic rings. The topological polar surface area (TPSA) is 95.1 Å². The molecular weight excluding hydrogens is 270 g/mol. The minimum atomic E-state index is -0.245. The van der Waals surface area contributed by atoms with Crippen LogP contribution in [0.25, 0.3) is 0 Å². The Hall–Kier alpha value is -2.57. The van der Waals surface area contributed by atoms with Crippen molar-refractivity contribution in [3.63, 3.8) is 0 Å². The molecule has 2 heterocycles. The Bertz CT molecular complexity index is 651. The number of aryl methyl sites for hydroxylation is 2. The fourth-order valence-electron chi connectivity index (χ4n) is 2.00. The van der Waals surface area contributed by atoms with Gasteiger partial charge in [0.05, 0.1) is 18.5 Å². The maximum absolute atomic E-state index is 12.3. The molecule has 0 bridgehead atoms. The molecule has 1 amide bonds. The average molecular weight is 289 g/mol. The van der Waals surface area contributed by atoms with Crippen molar-refractivity contribution in [2.45, 2.75) is 26.9 Å². The van der Waals surface area contributed by atoms with Crippen LogP contribution in [-0.4, -0.2) is 27.8 Å². The van der Waals surface area contributed by atoms with Crippen molar-refractivity contribution in [3.05, 3.63) is 35.3 Å². The van der Waals surface area contributed by atoms with Gasteiger partial charge in [-0.3, -0.25) is 9.48 Å². The summed E-state index contributed by atoms with van der Waals surface area (Å²) in [7, 11) is 1.55. The van der Waals surface area contributed by atoms with E-state index in [0.29, 0.717) is 36.0 Å². The number of ether oxygens (including phenoxy) is 1. The lowest BCUT2D eigenvalue weighted by molar-refractivity contribution is 0.0941. The molecule has 21 heavy (non-hydrogen) atoms. The smallest absolute Gasteiger partial charge is 0.271 e. The molecule has 0 spiro atoms. The Morgan fingerprint density at radius 2 is 2.29 bits per heavy atom. The van der Waals surface area contributed by atoms with E-state index in [4.69, 9.17) is 10.5 Å². The fourth-order valence-corrected chi connectivity index (χ4v) is 2.00. The number of pyridine rings is 1. The van der Waals surface area contributed by atoms with Gasteiger partial charge in [0.25, 0.3) is 5.91 Å². The van der Waals surface area contributed by atoms with Gasteiger partial charge >= 0.3 is 0 Å². The van der Waals surface area contributed by atoms with Crippen molar-refractivity contribution < 1.29 is 9.53 Å². The number of hydrogen-bond donors (Lipinski definition) is 2. The van der Waals surface area contributed by atoms with Crippen molar-refractivity contribution in [2.24, 2.45) is 0 Å². The molecule has 3 N–H and O–H groups in total. The van der Waals surface area contributed by atoms with E-state index in [9.17, 15) is 4.79 Å². The molecule has 7 heteroatoms. The summed E-state index contributed by atoms with van der Waals surface area (Å²) in [4.78, 5) is 16.3. The molecular formula is C14H19N5O2. The number of hydrogen-bond acceptors (Lipinski definition) is 5. The van der Waals surface area contributed by atoms with Crippen LogP contribution in [0.5, 0.6) is 5.88 Å². The SMILES string of the molecule is CCn1nc(C)c(N)c1C(=O)NCc1ccnc(OC)c1. The van der Waals surface area contributed by atoms with E-state index in [2.05, 4.69) is 15.4 Å². The number of carbonyl (C=O) groups excluding carboxylic acids is 1. The minimum absolute atomic E-state index is 0.245. The molecule has 0 fully saturated rings. The average Bonchev–Trinajstić information content (AvgIpc) is 2.80. The van der Waals surface area contributed by atoms with Gasteiger partial charge in [-0.25, -0.2) is 4.98 Å². The lowest BCUT2D eigenvalue weighted by atomic mass is 10.2. The summed E-state index contributed by atoms with van der Waals surface area (Å²) in [5.74, 6) is 0.265. The van der Waals surface area contributed by atoms with Crippen LogP contribution in [0.15, 0.2) is 18.3 Å². The first-order valence-electron chi connectivity index (χ1n) is 6.66. The zero-order valence-corrected chi connectivity index (χ0v) is 12.4. The number of rotatable bonds is 5. The normalized spacial score (nSPS) is 10.4. The molecule has 7 nitrogen and oxygen atoms in total. The van der Waals surface area contributed by atoms with Gasteiger partial charge in [-0.15, -0.1) is 0 Å². The first-order valence-corrected chi connectivity index (χ1v) is 6.66. The van der Waals surface area contributed by atoms with E-state index in [-0.39, 0.29) is 5.91 Å². The van der Waals surface area contributed by atoms with Crippen LogP contribution in [0.3, 0.4) is 0 Å². The number of nitrogens with zero attached hydrogens (tertiary/aromatic N) is 3. The maximum atomic E-state index is 12.3. The second-order valence-corrected chi connectivity index (χ2v) is 4.55. The highest BCUT2D eigenvalue weighted by molar-refractivity contribution is 5.97. The van der Waals surface area contributed by atoms with Crippen LogP contribution in [-0.2, 0) is 13.1 Å². The first kappa shape index (κ1) is 14.8. The summed E-state index contributed by atoms with van der Waals surface area (Å²) < 4.78 is 6.65. The molecule has 112 valence electrons. The Kier molecular flexibility index (Phi) is 4.42. The highest BCUT2D eigenvalue weighted by Crippen LogP contribution is 2.16. The van der Waals surface area contributed by atoms with Crippen molar-refractivity contribution in [3.8, 4) is 5.88 Å². The summed E-state index contributed by atoms with van der Waals surface area (Å²) in [6.07, 6.45) is 1.63. The highest BCUT2D eigenvalue weighted by Gasteiger charge is 2.18. The molecule has 0 radical (unpaired) electrons. The van der Waals surface area contributed by atoms with E-state index in [0.717, 1.165) is 5.56 Å². The number of nitrogen functional groups attached to an aromatic ring is 1. The maximum Gasteiger partial charge on any atom is 0.271 e. The largest absolute Gasteiger partial charge is 0.481 e. The third-order valence-electron chi connectivity index (χ3n) is 3.15. The lowest BCUT2D eigenvalue weighted by Gasteiger charge is -2.08. The second-order valence-electron chi connectivity index (χ2n) is 4.55. The molecule has 0 saturated heterocycles. The summed E-state index contributed by atoms with van der Waals surface area (Å²) >= 11 is 0. The monoisotopic (exact) mass is 289 g/mol. The summed E-state index contributed by atoms with van der Waals surface area (Å²) in [6, 6.07) is 3.58. The molecule has 0 aromatic carbocycles. The Balaban J connectivity index is 2.11. The zero-order valence-electron chi connectivity index (χ0n) is 12.4. The molecule has 0 aliphatic heterocycles. The van der Waals surface area contributed by atoms with Crippen LogP contribution in [0.2, 0.25) is 0 Å².